The normalized spacial score (nSPS) is 28.9. The molecule has 1 aromatic rings. The molecular weight excluding hydrogens is 176 g/mol. The number of aliphatic hydroxyl groups excluding tert-OH is 1. The Labute approximate surface area is 84.5 Å². The number of hydrogen-bond acceptors (Lipinski definition) is 2. The van der Waals surface area contributed by atoms with Gasteiger partial charge in [-0.15, -0.1) is 0 Å². The molecule has 2 nitrogen and oxygen atoms in total. The van der Waals surface area contributed by atoms with Crippen molar-refractivity contribution in [3.63, 3.8) is 0 Å². The van der Waals surface area contributed by atoms with Gasteiger partial charge in [-0.1, -0.05) is 38.1 Å². The molecular formula is C12H16O2. The molecule has 2 unspecified atom stereocenters. The monoisotopic (exact) mass is 192 g/mol. The number of benzene rings is 1. The van der Waals surface area contributed by atoms with E-state index in [9.17, 15) is 5.11 Å². The number of rotatable bonds is 1. The summed E-state index contributed by atoms with van der Waals surface area (Å²) >= 11 is 0. The first-order chi connectivity index (χ1) is 6.59. The fourth-order valence-electron chi connectivity index (χ4n) is 2.37. The molecule has 1 aliphatic carbocycles. The summed E-state index contributed by atoms with van der Waals surface area (Å²) in [6.45, 7) is 4.07. The van der Waals surface area contributed by atoms with E-state index in [4.69, 9.17) is 4.74 Å². The molecule has 0 bridgehead atoms. The fraction of sp³-hybridized carbons (Fsp3) is 0.500. The zero-order valence-corrected chi connectivity index (χ0v) is 8.82. The smallest absolute Gasteiger partial charge is 0.0903 e. The third kappa shape index (κ3) is 1.11. The maximum Gasteiger partial charge on any atom is 0.0903 e. The van der Waals surface area contributed by atoms with Gasteiger partial charge in [-0.05, 0) is 11.1 Å². The molecule has 2 atom stereocenters. The van der Waals surface area contributed by atoms with Gasteiger partial charge in [-0.2, -0.15) is 0 Å². The van der Waals surface area contributed by atoms with Crippen molar-refractivity contribution >= 4 is 0 Å². The van der Waals surface area contributed by atoms with Gasteiger partial charge in [0.05, 0.1) is 12.2 Å². The zero-order chi connectivity index (χ0) is 10.3. The summed E-state index contributed by atoms with van der Waals surface area (Å²) in [4.78, 5) is 0. The highest BCUT2D eigenvalue weighted by Crippen LogP contribution is 2.53. The van der Waals surface area contributed by atoms with Crippen molar-refractivity contribution in [3.8, 4) is 0 Å². The van der Waals surface area contributed by atoms with Crippen LogP contribution in [-0.2, 0) is 4.74 Å². The third-order valence-corrected chi connectivity index (χ3v) is 3.19. The minimum Gasteiger partial charge on any atom is -0.388 e. The third-order valence-electron chi connectivity index (χ3n) is 3.19. The summed E-state index contributed by atoms with van der Waals surface area (Å²) in [7, 11) is 1.70. The van der Waals surface area contributed by atoms with E-state index in [1.54, 1.807) is 7.11 Å². The Morgan fingerprint density at radius 2 is 1.79 bits per heavy atom. The van der Waals surface area contributed by atoms with Crippen LogP contribution in [0.15, 0.2) is 24.3 Å². The highest BCUT2D eigenvalue weighted by Gasteiger charge is 2.46. The van der Waals surface area contributed by atoms with Crippen LogP contribution in [0.1, 0.15) is 37.2 Å². The predicted molar refractivity (Wildman–Crippen MR) is 54.9 cm³/mol. The first-order valence-corrected chi connectivity index (χ1v) is 4.88. The summed E-state index contributed by atoms with van der Waals surface area (Å²) in [5.41, 5.74) is 1.88. The van der Waals surface area contributed by atoms with Gasteiger partial charge in [0.25, 0.3) is 0 Å². The highest BCUT2D eigenvalue weighted by molar-refractivity contribution is 5.38. The van der Waals surface area contributed by atoms with Crippen LogP contribution in [-0.4, -0.2) is 12.2 Å². The topological polar surface area (TPSA) is 29.5 Å². The number of hydrogen-bond donors (Lipinski definition) is 1. The number of ether oxygens (including phenoxy) is 1. The number of methoxy groups -OCH3 is 1. The Balaban J connectivity index is 2.55. The van der Waals surface area contributed by atoms with Gasteiger partial charge in [0, 0.05) is 12.5 Å². The molecule has 0 saturated carbocycles. The van der Waals surface area contributed by atoms with Crippen molar-refractivity contribution < 1.29 is 9.84 Å². The highest BCUT2D eigenvalue weighted by atomic mass is 16.5. The molecule has 1 N–H and O–H groups in total. The van der Waals surface area contributed by atoms with E-state index >= 15 is 0 Å². The maximum atomic E-state index is 10.1. The number of fused-ring (bicyclic) bond motifs is 1. The second-order valence-electron chi connectivity index (χ2n) is 4.47. The Kier molecular flexibility index (Phi) is 2.13. The summed E-state index contributed by atoms with van der Waals surface area (Å²) in [6, 6.07) is 7.94. The van der Waals surface area contributed by atoms with Gasteiger partial charge in [0.1, 0.15) is 0 Å². The summed E-state index contributed by atoms with van der Waals surface area (Å²) in [6.07, 6.45) is -0.433. The van der Waals surface area contributed by atoms with Gasteiger partial charge in [-0.3, -0.25) is 0 Å². The van der Waals surface area contributed by atoms with Crippen molar-refractivity contribution in [2.45, 2.75) is 26.1 Å². The number of aliphatic hydroxyl groups is 1. The van der Waals surface area contributed by atoms with Crippen LogP contribution in [0.4, 0.5) is 0 Å². The van der Waals surface area contributed by atoms with Crippen LogP contribution in [0.25, 0.3) is 0 Å². The standard InChI is InChI=1S/C12H16O2/c1-12(2)10(13)8-6-4-5-7-9(8)11(12)14-3/h4-7,10-11,13H,1-3H3. The van der Waals surface area contributed by atoms with Crippen molar-refractivity contribution in [2.24, 2.45) is 5.41 Å². The van der Waals surface area contributed by atoms with E-state index in [0.717, 1.165) is 11.1 Å². The molecule has 0 radical (unpaired) electrons. The summed E-state index contributed by atoms with van der Waals surface area (Å²) in [5.74, 6) is 0. The van der Waals surface area contributed by atoms with Gasteiger partial charge in [-0.25, -0.2) is 0 Å². The van der Waals surface area contributed by atoms with Crippen LogP contribution in [0, 0.1) is 5.41 Å². The average Bonchev–Trinajstić information content (AvgIpc) is 2.36. The van der Waals surface area contributed by atoms with Crippen LogP contribution in [0.2, 0.25) is 0 Å². The Morgan fingerprint density at radius 1 is 1.21 bits per heavy atom. The molecule has 0 saturated heterocycles. The molecule has 0 heterocycles. The van der Waals surface area contributed by atoms with Gasteiger partial charge >= 0.3 is 0 Å². The lowest BCUT2D eigenvalue weighted by Crippen LogP contribution is -2.23. The lowest BCUT2D eigenvalue weighted by molar-refractivity contribution is -0.0501. The van der Waals surface area contributed by atoms with Gasteiger partial charge in [0.15, 0.2) is 0 Å². The molecule has 2 rings (SSSR count). The minimum atomic E-state index is -0.427. The van der Waals surface area contributed by atoms with Crippen LogP contribution in [0.3, 0.4) is 0 Å². The van der Waals surface area contributed by atoms with Crippen molar-refractivity contribution in [3.05, 3.63) is 35.4 Å². The second kappa shape index (κ2) is 3.07. The van der Waals surface area contributed by atoms with E-state index < -0.39 is 6.10 Å². The lowest BCUT2D eigenvalue weighted by Gasteiger charge is -2.29. The van der Waals surface area contributed by atoms with Crippen LogP contribution >= 0.6 is 0 Å². The predicted octanol–water partition coefficient (Wildman–Crippen LogP) is 2.45. The maximum absolute atomic E-state index is 10.1. The van der Waals surface area contributed by atoms with E-state index in [-0.39, 0.29) is 11.5 Å². The Hall–Kier alpha value is -0.860. The molecule has 1 aromatic carbocycles. The second-order valence-corrected chi connectivity index (χ2v) is 4.47. The zero-order valence-electron chi connectivity index (χ0n) is 8.82. The Bertz CT molecular complexity index is 344. The largest absolute Gasteiger partial charge is 0.388 e. The van der Waals surface area contributed by atoms with E-state index in [2.05, 4.69) is 0 Å². The quantitative estimate of drug-likeness (QED) is 0.740. The molecule has 2 heteroatoms. The first-order valence-electron chi connectivity index (χ1n) is 4.88. The molecule has 1 aliphatic rings. The molecule has 0 amide bonds. The van der Waals surface area contributed by atoms with E-state index in [1.807, 2.05) is 38.1 Å². The van der Waals surface area contributed by atoms with E-state index in [0.29, 0.717) is 0 Å². The Morgan fingerprint density at radius 3 is 2.36 bits per heavy atom. The fourth-order valence-corrected chi connectivity index (χ4v) is 2.37. The van der Waals surface area contributed by atoms with Crippen LogP contribution in [0.5, 0.6) is 0 Å². The van der Waals surface area contributed by atoms with Crippen LogP contribution < -0.4 is 0 Å². The molecule has 0 aliphatic heterocycles. The average molecular weight is 192 g/mol. The molecule has 0 spiro atoms. The molecule has 0 aromatic heterocycles. The summed E-state index contributed by atoms with van der Waals surface area (Å²) < 4.78 is 5.46. The summed E-state index contributed by atoms with van der Waals surface area (Å²) in [5, 5.41) is 10.1. The SMILES string of the molecule is COC1c2ccccc2C(O)C1(C)C. The van der Waals surface area contributed by atoms with E-state index in [1.165, 1.54) is 0 Å². The molecule has 14 heavy (non-hydrogen) atoms. The lowest BCUT2D eigenvalue weighted by atomic mass is 9.85. The van der Waals surface area contributed by atoms with Gasteiger partial charge in [0.2, 0.25) is 0 Å². The van der Waals surface area contributed by atoms with Crippen molar-refractivity contribution in [1.29, 1.82) is 0 Å². The molecule has 0 fully saturated rings. The minimum absolute atomic E-state index is 0.00583. The van der Waals surface area contributed by atoms with Gasteiger partial charge < -0.3 is 9.84 Å². The van der Waals surface area contributed by atoms with Crippen molar-refractivity contribution in [2.75, 3.05) is 7.11 Å². The van der Waals surface area contributed by atoms with Crippen molar-refractivity contribution in [1.82, 2.24) is 0 Å². The molecule has 76 valence electrons. The first kappa shape index (κ1) is 9.69.